The summed E-state index contributed by atoms with van der Waals surface area (Å²) in [5.74, 6) is 1.19. The van der Waals surface area contributed by atoms with Gasteiger partial charge >= 0.3 is 0 Å². The van der Waals surface area contributed by atoms with Gasteiger partial charge < -0.3 is 14.8 Å². The third-order valence-electron chi connectivity index (χ3n) is 4.77. The number of fused-ring (bicyclic) bond motifs is 3. The summed E-state index contributed by atoms with van der Waals surface area (Å²) in [7, 11) is 0. The number of aromatic nitrogens is 2. The molecule has 6 nitrogen and oxygen atoms in total. The Morgan fingerprint density at radius 2 is 2.23 bits per heavy atom. The molecule has 0 fully saturated rings. The van der Waals surface area contributed by atoms with E-state index >= 15 is 0 Å². The number of aliphatic hydroxyl groups is 1. The van der Waals surface area contributed by atoms with Crippen molar-refractivity contribution in [3.63, 3.8) is 0 Å². The molecule has 0 saturated heterocycles. The van der Waals surface area contributed by atoms with Crippen LogP contribution in [-0.4, -0.2) is 27.3 Å². The minimum absolute atomic E-state index is 0.0288. The first-order valence-corrected chi connectivity index (χ1v) is 9.94. The van der Waals surface area contributed by atoms with Gasteiger partial charge in [0, 0.05) is 11.4 Å². The summed E-state index contributed by atoms with van der Waals surface area (Å²) in [5, 5.41) is 13.5. The van der Waals surface area contributed by atoms with Crippen LogP contribution in [0.5, 0.6) is 0 Å². The Balaban J connectivity index is 1.86. The molecule has 0 aliphatic heterocycles. The minimum atomic E-state index is -0.528. The molecule has 7 heteroatoms. The minimum Gasteiger partial charge on any atom is -0.467 e. The Morgan fingerprint density at radius 1 is 1.38 bits per heavy atom. The van der Waals surface area contributed by atoms with Crippen LogP contribution in [0.2, 0.25) is 0 Å². The summed E-state index contributed by atoms with van der Waals surface area (Å²) in [6.45, 7) is 2.36. The second kappa shape index (κ2) is 7.25. The molecule has 0 amide bonds. The van der Waals surface area contributed by atoms with E-state index < -0.39 is 6.10 Å². The molecule has 0 aromatic carbocycles. The Labute approximate surface area is 155 Å². The van der Waals surface area contributed by atoms with Crippen molar-refractivity contribution in [2.24, 2.45) is 0 Å². The number of hydrogen-bond donors (Lipinski definition) is 2. The first-order chi connectivity index (χ1) is 12.6. The highest BCUT2D eigenvalue weighted by Gasteiger charge is 2.22. The molecule has 0 bridgehead atoms. The van der Waals surface area contributed by atoms with E-state index in [1.54, 1.807) is 29.1 Å². The lowest BCUT2D eigenvalue weighted by Gasteiger charge is -2.14. The Morgan fingerprint density at radius 3 is 3.00 bits per heavy atom. The molecule has 26 heavy (non-hydrogen) atoms. The zero-order chi connectivity index (χ0) is 18.1. The van der Waals surface area contributed by atoms with Crippen LogP contribution < -0.4 is 10.9 Å². The van der Waals surface area contributed by atoms with Gasteiger partial charge in [-0.1, -0.05) is 6.42 Å². The Hall–Kier alpha value is -2.12. The molecular formula is C19H23N3O3S. The topological polar surface area (TPSA) is 80.3 Å². The molecule has 1 atom stereocenters. The number of nitrogens with zero attached hydrogens (tertiary/aromatic N) is 2. The lowest BCUT2D eigenvalue weighted by Crippen LogP contribution is -2.28. The van der Waals surface area contributed by atoms with Gasteiger partial charge in [0.05, 0.1) is 24.3 Å². The molecule has 0 radical (unpaired) electrons. The van der Waals surface area contributed by atoms with Gasteiger partial charge in [-0.05, 0) is 50.3 Å². The van der Waals surface area contributed by atoms with E-state index in [-0.39, 0.29) is 5.56 Å². The van der Waals surface area contributed by atoms with Crippen molar-refractivity contribution in [1.29, 1.82) is 0 Å². The maximum absolute atomic E-state index is 13.4. The van der Waals surface area contributed by atoms with Crippen molar-refractivity contribution in [2.45, 2.75) is 51.7 Å². The number of hydrogen-bond acceptors (Lipinski definition) is 6. The standard InChI is InChI=1S/C19H23N3O3S/c1-12(23)10-20-19-21-17-16(14-7-3-2-4-8-15(14)26-17)18(24)22(19)11-13-6-5-9-25-13/h5-6,9,12,23H,2-4,7-8,10-11H2,1H3,(H,20,21). The summed E-state index contributed by atoms with van der Waals surface area (Å²) >= 11 is 1.64. The van der Waals surface area contributed by atoms with E-state index in [0.717, 1.165) is 29.5 Å². The van der Waals surface area contributed by atoms with Crippen LogP contribution >= 0.6 is 11.3 Å². The predicted octanol–water partition coefficient (Wildman–Crippen LogP) is 3.16. The van der Waals surface area contributed by atoms with Crippen molar-refractivity contribution >= 4 is 27.5 Å². The number of furan rings is 1. The average molecular weight is 373 g/mol. The van der Waals surface area contributed by atoms with Crippen LogP contribution in [0.1, 0.15) is 42.4 Å². The molecule has 3 aromatic heterocycles. The van der Waals surface area contributed by atoms with Crippen LogP contribution in [-0.2, 0) is 19.4 Å². The first kappa shape index (κ1) is 17.3. The number of rotatable bonds is 5. The van der Waals surface area contributed by atoms with Gasteiger partial charge in [-0.3, -0.25) is 9.36 Å². The number of anilines is 1. The van der Waals surface area contributed by atoms with Crippen LogP contribution in [0.3, 0.4) is 0 Å². The monoisotopic (exact) mass is 373 g/mol. The van der Waals surface area contributed by atoms with Gasteiger partial charge in [-0.25, -0.2) is 4.98 Å². The zero-order valence-corrected chi connectivity index (χ0v) is 15.6. The number of thiophene rings is 1. The molecule has 3 heterocycles. The molecule has 1 aliphatic rings. The second-order valence-electron chi connectivity index (χ2n) is 6.88. The SMILES string of the molecule is CC(O)CNc1nc2sc3c(c2c(=O)n1Cc1ccco1)CCCCC3. The van der Waals surface area contributed by atoms with E-state index in [2.05, 4.69) is 5.32 Å². The van der Waals surface area contributed by atoms with E-state index in [9.17, 15) is 9.90 Å². The van der Waals surface area contributed by atoms with Gasteiger partial charge in [0.2, 0.25) is 5.95 Å². The average Bonchev–Trinajstić information content (AvgIpc) is 3.18. The van der Waals surface area contributed by atoms with Crippen molar-refractivity contribution in [2.75, 3.05) is 11.9 Å². The fourth-order valence-corrected chi connectivity index (χ4v) is 4.75. The van der Waals surface area contributed by atoms with Crippen molar-refractivity contribution in [1.82, 2.24) is 9.55 Å². The predicted molar refractivity (Wildman–Crippen MR) is 103 cm³/mol. The summed E-state index contributed by atoms with van der Waals surface area (Å²) in [6, 6.07) is 3.66. The molecule has 0 saturated carbocycles. The quantitative estimate of drug-likeness (QED) is 0.672. The first-order valence-electron chi connectivity index (χ1n) is 9.13. The maximum Gasteiger partial charge on any atom is 0.264 e. The lowest BCUT2D eigenvalue weighted by atomic mass is 10.1. The van der Waals surface area contributed by atoms with Gasteiger partial charge in [0.1, 0.15) is 10.6 Å². The maximum atomic E-state index is 13.4. The fraction of sp³-hybridized carbons (Fsp3) is 0.474. The Kier molecular flexibility index (Phi) is 4.82. The fourth-order valence-electron chi connectivity index (χ4n) is 3.49. The molecule has 1 aliphatic carbocycles. The largest absolute Gasteiger partial charge is 0.467 e. The molecule has 2 N–H and O–H groups in total. The van der Waals surface area contributed by atoms with E-state index in [1.165, 1.54) is 23.3 Å². The molecular weight excluding hydrogens is 350 g/mol. The normalized spacial score (nSPS) is 15.6. The second-order valence-corrected chi connectivity index (χ2v) is 7.96. The van der Waals surface area contributed by atoms with E-state index in [4.69, 9.17) is 9.40 Å². The highest BCUT2D eigenvalue weighted by Crippen LogP contribution is 2.33. The molecule has 0 spiro atoms. The molecule has 4 rings (SSSR count). The number of nitrogens with one attached hydrogen (secondary N) is 1. The molecule has 138 valence electrons. The highest BCUT2D eigenvalue weighted by atomic mass is 32.1. The summed E-state index contributed by atoms with van der Waals surface area (Å²) in [4.78, 5) is 20.2. The summed E-state index contributed by atoms with van der Waals surface area (Å²) in [6.07, 6.45) is 6.57. The molecule has 1 unspecified atom stereocenters. The number of aliphatic hydroxyl groups excluding tert-OH is 1. The summed E-state index contributed by atoms with van der Waals surface area (Å²) in [5.41, 5.74) is 1.16. The zero-order valence-electron chi connectivity index (χ0n) is 14.8. The van der Waals surface area contributed by atoms with Crippen LogP contribution in [0, 0.1) is 0 Å². The third kappa shape index (κ3) is 3.29. The third-order valence-corrected chi connectivity index (χ3v) is 5.96. The number of aryl methyl sites for hydroxylation is 2. The smallest absolute Gasteiger partial charge is 0.264 e. The van der Waals surface area contributed by atoms with Crippen molar-refractivity contribution in [3.8, 4) is 0 Å². The summed E-state index contributed by atoms with van der Waals surface area (Å²) < 4.78 is 7.06. The van der Waals surface area contributed by atoms with Crippen LogP contribution in [0.25, 0.3) is 10.2 Å². The lowest BCUT2D eigenvalue weighted by molar-refractivity contribution is 0.208. The molecule has 3 aromatic rings. The highest BCUT2D eigenvalue weighted by molar-refractivity contribution is 7.18. The van der Waals surface area contributed by atoms with E-state index in [0.29, 0.717) is 24.8 Å². The van der Waals surface area contributed by atoms with E-state index in [1.807, 2.05) is 12.1 Å². The van der Waals surface area contributed by atoms with Gasteiger partial charge in [0.15, 0.2) is 0 Å². The van der Waals surface area contributed by atoms with Crippen LogP contribution in [0.15, 0.2) is 27.6 Å². The van der Waals surface area contributed by atoms with Gasteiger partial charge in [-0.15, -0.1) is 11.3 Å². The van der Waals surface area contributed by atoms with Crippen molar-refractivity contribution < 1.29 is 9.52 Å². The van der Waals surface area contributed by atoms with Crippen LogP contribution in [0.4, 0.5) is 5.95 Å². The van der Waals surface area contributed by atoms with Gasteiger partial charge in [0.25, 0.3) is 5.56 Å². The Bertz CT molecular complexity index is 957. The van der Waals surface area contributed by atoms with Gasteiger partial charge in [-0.2, -0.15) is 0 Å². The van der Waals surface area contributed by atoms with Crippen molar-refractivity contribution in [3.05, 3.63) is 45.0 Å².